The van der Waals surface area contributed by atoms with Gasteiger partial charge in [0, 0.05) is 50.6 Å². The molecular formula is C46H26N4O. The molecule has 3 heterocycles. The molecule has 51 heavy (non-hydrogen) atoms. The van der Waals surface area contributed by atoms with Crippen LogP contribution in [0.4, 0.5) is 0 Å². The van der Waals surface area contributed by atoms with E-state index in [1.807, 2.05) is 24.5 Å². The van der Waals surface area contributed by atoms with Crippen molar-refractivity contribution in [3.05, 3.63) is 158 Å². The summed E-state index contributed by atoms with van der Waals surface area (Å²) in [5.41, 5.74) is 4.41. The standard InChI is InChI=1S/C46H26N4O/c1-2-8-31-24-32(14-12-27(31)6-1)44-48-45(33-15-13-29-16-20-36-35(39(29)25-33)19-17-30-22-23-47-26-40(30)36)50-46(49-44)38-10-5-11-41-42(38)37-21-18-28-7-3-4-9-34(28)43(37)51-41/h1-26H. The molecule has 5 heteroatoms. The number of fused-ring (bicyclic) bond motifs is 11. The summed E-state index contributed by atoms with van der Waals surface area (Å²) < 4.78 is 6.55. The van der Waals surface area contributed by atoms with Crippen molar-refractivity contribution in [1.29, 1.82) is 0 Å². The van der Waals surface area contributed by atoms with Crippen LogP contribution < -0.4 is 0 Å². The van der Waals surface area contributed by atoms with E-state index < -0.39 is 0 Å². The first-order valence-corrected chi connectivity index (χ1v) is 17.0. The first-order chi connectivity index (χ1) is 25.2. The largest absolute Gasteiger partial charge is 0.455 e. The Hall–Kier alpha value is -6.98. The molecule has 5 nitrogen and oxygen atoms in total. The molecule has 0 amide bonds. The number of furan rings is 1. The highest BCUT2D eigenvalue weighted by Crippen LogP contribution is 2.40. The van der Waals surface area contributed by atoms with Gasteiger partial charge in [-0.2, -0.15) is 0 Å². The van der Waals surface area contributed by atoms with Crippen LogP contribution >= 0.6 is 0 Å². The Morgan fingerprint density at radius 1 is 0.392 bits per heavy atom. The number of benzene rings is 8. The average molecular weight is 651 g/mol. The van der Waals surface area contributed by atoms with E-state index in [0.29, 0.717) is 17.5 Å². The number of nitrogens with zero attached hydrogens (tertiary/aromatic N) is 4. The molecular weight excluding hydrogens is 625 g/mol. The van der Waals surface area contributed by atoms with Crippen LogP contribution in [0.3, 0.4) is 0 Å². The summed E-state index contributed by atoms with van der Waals surface area (Å²) in [5.74, 6) is 1.82. The molecule has 0 aliphatic rings. The molecule has 0 saturated carbocycles. The second-order valence-electron chi connectivity index (χ2n) is 13.1. The predicted octanol–water partition coefficient (Wildman–Crippen LogP) is 11.9. The van der Waals surface area contributed by atoms with Crippen molar-refractivity contribution in [3.8, 4) is 34.2 Å². The zero-order valence-corrected chi connectivity index (χ0v) is 27.2. The normalized spacial score (nSPS) is 11.9. The SMILES string of the molecule is c1ccc2cc(-c3nc(-c4ccc5ccc6c7cnccc7ccc6c5c4)nc(-c4cccc5oc6c7ccccc7ccc6c45)n3)ccc2c1. The summed E-state index contributed by atoms with van der Waals surface area (Å²) in [7, 11) is 0. The first kappa shape index (κ1) is 27.9. The van der Waals surface area contributed by atoms with Gasteiger partial charge in [0.15, 0.2) is 17.5 Å². The Morgan fingerprint density at radius 2 is 1.02 bits per heavy atom. The molecule has 0 aliphatic carbocycles. The van der Waals surface area contributed by atoms with E-state index in [-0.39, 0.29) is 0 Å². The Bertz CT molecular complexity index is 3220. The zero-order chi connectivity index (χ0) is 33.5. The number of pyridine rings is 1. The second kappa shape index (κ2) is 10.8. The van der Waals surface area contributed by atoms with Gasteiger partial charge in [0.2, 0.25) is 0 Å². The summed E-state index contributed by atoms with van der Waals surface area (Å²) in [4.78, 5) is 20.0. The van der Waals surface area contributed by atoms with Gasteiger partial charge in [-0.15, -0.1) is 0 Å². The van der Waals surface area contributed by atoms with Crippen molar-refractivity contribution in [2.45, 2.75) is 0 Å². The van der Waals surface area contributed by atoms with Gasteiger partial charge in [-0.05, 0) is 73.4 Å². The van der Waals surface area contributed by atoms with E-state index in [9.17, 15) is 0 Å². The lowest BCUT2D eigenvalue weighted by molar-refractivity contribution is 0.672. The lowest BCUT2D eigenvalue weighted by atomic mass is 9.96. The van der Waals surface area contributed by atoms with E-state index in [1.165, 1.54) is 21.5 Å². The monoisotopic (exact) mass is 650 g/mol. The van der Waals surface area contributed by atoms with Gasteiger partial charge in [-0.3, -0.25) is 4.98 Å². The smallest absolute Gasteiger partial charge is 0.164 e. The third-order valence-corrected chi connectivity index (χ3v) is 10.2. The van der Waals surface area contributed by atoms with Gasteiger partial charge in [0.25, 0.3) is 0 Å². The molecule has 0 aliphatic heterocycles. The van der Waals surface area contributed by atoms with Crippen LogP contribution in [0.1, 0.15) is 0 Å². The molecule has 3 aromatic heterocycles. The van der Waals surface area contributed by atoms with Crippen LogP contribution in [-0.2, 0) is 0 Å². The van der Waals surface area contributed by atoms with Crippen molar-refractivity contribution >= 4 is 75.8 Å². The van der Waals surface area contributed by atoms with Gasteiger partial charge >= 0.3 is 0 Å². The molecule has 0 saturated heterocycles. The van der Waals surface area contributed by atoms with Crippen molar-refractivity contribution < 1.29 is 4.42 Å². The maximum Gasteiger partial charge on any atom is 0.164 e. The Labute approximate surface area is 291 Å². The number of aromatic nitrogens is 4. The minimum atomic E-state index is 0.597. The Kier molecular flexibility index (Phi) is 5.89. The van der Waals surface area contributed by atoms with Crippen LogP contribution in [-0.4, -0.2) is 19.9 Å². The highest BCUT2D eigenvalue weighted by Gasteiger charge is 2.19. The molecule has 0 atom stereocenters. The number of hydrogen-bond acceptors (Lipinski definition) is 5. The highest BCUT2D eigenvalue weighted by atomic mass is 16.3. The van der Waals surface area contributed by atoms with Gasteiger partial charge in [0.05, 0.1) is 0 Å². The molecule has 11 rings (SSSR count). The van der Waals surface area contributed by atoms with Crippen molar-refractivity contribution in [2.24, 2.45) is 0 Å². The minimum absolute atomic E-state index is 0.597. The second-order valence-corrected chi connectivity index (χ2v) is 13.1. The molecule has 0 fully saturated rings. The van der Waals surface area contributed by atoms with Crippen molar-refractivity contribution in [3.63, 3.8) is 0 Å². The minimum Gasteiger partial charge on any atom is -0.455 e. The summed E-state index contributed by atoms with van der Waals surface area (Å²) in [5, 5.41) is 13.5. The molecule has 0 unspecified atom stereocenters. The first-order valence-electron chi connectivity index (χ1n) is 17.0. The highest BCUT2D eigenvalue weighted by molar-refractivity contribution is 6.19. The zero-order valence-electron chi connectivity index (χ0n) is 27.2. The molecule has 8 aromatic carbocycles. The number of hydrogen-bond donors (Lipinski definition) is 0. The van der Waals surface area contributed by atoms with Gasteiger partial charge in [-0.25, -0.2) is 15.0 Å². The third-order valence-electron chi connectivity index (χ3n) is 10.2. The Morgan fingerprint density at radius 3 is 1.86 bits per heavy atom. The molecule has 0 spiro atoms. The summed E-state index contributed by atoms with van der Waals surface area (Å²) in [6, 6.07) is 50.8. The van der Waals surface area contributed by atoms with Crippen LogP contribution in [0, 0.1) is 0 Å². The summed E-state index contributed by atoms with van der Waals surface area (Å²) in [6.45, 7) is 0. The van der Waals surface area contributed by atoms with Crippen molar-refractivity contribution in [2.75, 3.05) is 0 Å². The average Bonchev–Trinajstić information content (AvgIpc) is 3.60. The fourth-order valence-corrected chi connectivity index (χ4v) is 7.67. The predicted molar refractivity (Wildman–Crippen MR) is 209 cm³/mol. The van der Waals surface area contributed by atoms with Crippen molar-refractivity contribution in [1.82, 2.24) is 19.9 Å². The van der Waals surface area contributed by atoms with Gasteiger partial charge in [-0.1, -0.05) is 115 Å². The number of rotatable bonds is 3. The summed E-state index contributed by atoms with van der Waals surface area (Å²) >= 11 is 0. The van der Waals surface area contributed by atoms with Crippen LogP contribution in [0.2, 0.25) is 0 Å². The fraction of sp³-hybridized carbons (Fsp3) is 0. The molecule has 11 aromatic rings. The quantitative estimate of drug-likeness (QED) is 0.178. The summed E-state index contributed by atoms with van der Waals surface area (Å²) in [6.07, 6.45) is 3.79. The molecule has 0 radical (unpaired) electrons. The van der Waals surface area contributed by atoms with Crippen LogP contribution in [0.25, 0.3) is 110 Å². The van der Waals surface area contributed by atoms with E-state index in [0.717, 1.165) is 70.9 Å². The lowest BCUT2D eigenvalue weighted by Gasteiger charge is -2.11. The fourth-order valence-electron chi connectivity index (χ4n) is 7.67. The third kappa shape index (κ3) is 4.35. The van der Waals surface area contributed by atoms with Gasteiger partial charge in [0.1, 0.15) is 11.2 Å². The maximum atomic E-state index is 6.55. The van der Waals surface area contributed by atoms with E-state index in [1.54, 1.807) is 0 Å². The van der Waals surface area contributed by atoms with E-state index in [4.69, 9.17) is 19.4 Å². The van der Waals surface area contributed by atoms with Crippen LogP contribution in [0.5, 0.6) is 0 Å². The molecule has 0 bridgehead atoms. The van der Waals surface area contributed by atoms with E-state index in [2.05, 4.69) is 138 Å². The Balaban J connectivity index is 1.18. The maximum absolute atomic E-state index is 6.55. The van der Waals surface area contributed by atoms with Crippen LogP contribution in [0.15, 0.2) is 162 Å². The lowest BCUT2D eigenvalue weighted by Crippen LogP contribution is -2.00. The molecule has 236 valence electrons. The van der Waals surface area contributed by atoms with Gasteiger partial charge < -0.3 is 4.42 Å². The topological polar surface area (TPSA) is 64.7 Å². The van der Waals surface area contributed by atoms with E-state index >= 15 is 0 Å². The molecule has 0 N–H and O–H groups in total.